The first-order valence-electron chi connectivity index (χ1n) is 6.65. The molecule has 0 saturated heterocycles. The van der Waals surface area contributed by atoms with Gasteiger partial charge in [-0.3, -0.25) is 9.69 Å². The second kappa shape index (κ2) is 8.45. The molecule has 0 heterocycles. The van der Waals surface area contributed by atoms with Crippen LogP contribution in [0.5, 0.6) is 0 Å². The number of likely N-dealkylation sites (N-methyl/N-ethyl adjacent to an activating group) is 1. The highest BCUT2D eigenvalue weighted by Gasteiger charge is 2.30. The third-order valence-corrected chi connectivity index (χ3v) is 3.71. The Hall–Kier alpha value is -0.650. The van der Waals surface area contributed by atoms with Gasteiger partial charge in [0.2, 0.25) is 5.91 Å². The lowest BCUT2D eigenvalue weighted by molar-refractivity contribution is -0.124. The van der Waals surface area contributed by atoms with Crippen LogP contribution in [-0.4, -0.2) is 56.2 Å². The zero-order valence-electron chi connectivity index (χ0n) is 12.5. The summed E-state index contributed by atoms with van der Waals surface area (Å²) in [4.78, 5) is 13.9. The van der Waals surface area contributed by atoms with Crippen molar-refractivity contribution < 1.29 is 9.53 Å². The SMILES string of the molecule is CCC(CC)(CN)N(C)CC(=O)NC(C)COC. The minimum absolute atomic E-state index is 0.0155. The molecule has 0 bridgehead atoms. The fourth-order valence-electron chi connectivity index (χ4n) is 2.23. The largest absolute Gasteiger partial charge is 0.383 e. The van der Waals surface area contributed by atoms with Crippen LogP contribution in [0.3, 0.4) is 0 Å². The van der Waals surface area contributed by atoms with Crippen molar-refractivity contribution >= 4 is 5.91 Å². The van der Waals surface area contributed by atoms with Crippen molar-refractivity contribution in [3.63, 3.8) is 0 Å². The smallest absolute Gasteiger partial charge is 0.234 e. The van der Waals surface area contributed by atoms with E-state index in [2.05, 4.69) is 24.1 Å². The number of methoxy groups -OCH3 is 1. The zero-order valence-corrected chi connectivity index (χ0v) is 12.5. The summed E-state index contributed by atoms with van der Waals surface area (Å²) in [5, 5.41) is 2.91. The summed E-state index contributed by atoms with van der Waals surface area (Å²) in [7, 11) is 3.59. The third-order valence-electron chi connectivity index (χ3n) is 3.71. The average molecular weight is 259 g/mol. The molecular formula is C13H29N3O2. The molecule has 3 N–H and O–H groups in total. The molecule has 5 heteroatoms. The van der Waals surface area contributed by atoms with E-state index in [1.807, 2.05) is 14.0 Å². The van der Waals surface area contributed by atoms with Gasteiger partial charge in [-0.15, -0.1) is 0 Å². The van der Waals surface area contributed by atoms with Crippen molar-refractivity contribution in [2.75, 3.05) is 33.9 Å². The van der Waals surface area contributed by atoms with Gasteiger partial charge in [0.15, 0.2) is 0 Å². The van der Waals surface area contributed by atoms with Gasteiger partial charge < -0.3 is 15.8 Å². The van der Waals surface area contributed by atoms with Gasteiger partial charge in [0.05, 0.1) is 13.2 Å². The molecular weight excluding hydrogens is 230 g/mol. The average Bonchev–Trinajstić information content (AvgIpc) is 2.31. The van der Waals surface area contributed by atoms with E-state index >= 15 is 0 Å². The highest BCUT2D eigenvalue weighted by Crippen LogP contribution is 2.20. The van der Waals surface area contributed by atoms with Crippen LogP contribution >= 0.6 is 0 Å². The van der Waals surface area contributed by atoms with Crippen LogP contribution in [0.2, 0.25) is 0 Å². The van der Waals surface area contributed by atoms with E-state index in [-0.39, 0.29) is 17.5 Å². The molecule has 0 spiro atoms. The van der Waals surface area contributed by atoms with E-state index in [1.165, 1.54) is 0 Å². The first-order chi connectivity index (χ1) is 8.45. The molecule has 1 atom stereocenters. The number of ether oxygens (including phenoxy) is 1. The molecule has 1 amide bonds. The molecule has 18 heavy (non-hydrogen) atoms. The minimum Gasteiger partial charge on any atom is -0.383 e. The van der Waals surface area contributed by atoms with Crippen LogP contribution in [0, 0.1) is 0 Å². The Morgan fingerprint density at radius 2 is 2.00 bits per heavy atom. The quantitative estimate of drug-likeness (QED) is 0.636. The number of hydrogen-bond donors (Lipinski definition) is 2. The summed E-state index contributed by atoms with van der Waals surface area (Å²) in [5.74, 6) is 0.0155. The molecule has 0 aliphatic rings. The predicted molar refractivity (Wildman–Crippen MR) is 74.5 cm³/mol. The van der Waals surface area contributed by atoms with Crippen molar-refractivity contribution in [1.29, 1.82) is 0 Å². The molecule has 0 aromatic heterocycles. The number of nitrogens with two attached hydrogens (primary N) is 1. The Morgan fingerprint density at radius 3 is 2.39 bits per heavy atom. The number of carbonyl (C=O) groups excluding carboxylic acids is 1. The molecule has 0 rings (SSSR count). The van der Waals surface area contributed by atoms with Crippen LogP contribution in [0.1, 0.15) is 33.6 Å². The van der Waals surface area contributed by atoms with Gasteiger partial charge in [-0.25, -0.2) is 0 Å². The second-order valence-electron chi connectivity index (χ2n) is 4.92. The summed E-state index contributed by atoms with van der Waals surface area (Å²) in [6.07, 6.45) is 1.88. The Balaban J connectivity index is 4.36. The molecule has 0 aliphatic heterocycles. The number of carbonyl (C=O) groups is 1. The van der Waals surface area contributed by atoms with Gasteiger partial charge in [-0.2, -0.15) is 0 Å². The zero-order chi connectivity index (χ0) is 14.2. The Kier molecular flexibility index (Phi) is 8.15. The lowest BCUT2D eigenvalue weighted by Gasteiger charge is -2.39. The van der Waals surface area contributed by atoms with Crippen LogP contribution in [0.15, 0.2) is 0 Å². The number of hydrogen-bond acceptors (Lipinski definition) is 4. The standard InChI is InChI=1S/C13H29N3O2/c1-6-13(7-2,10-14)16(4)8-12(17)15-11(3)9-18-5/h11H,6-10,14H2,1-5H3,(H,15,17). The first kappa shape index (κ1) is 17.4. The number of nitrogens with one attached hydrogen (secondary N) is 1. The number of rotatable bonds is 9. The highest BCUT2D eigenvalue weighted by molar-refractivity contribution is 5.78. The van der Waals surface area contributed by atoms with E-state index in [1.54, 1.807) is 7.11 Å². The molecule has 0 saturated carbocycles. The van der Waals surface area contributed by atoms with Gasteiger partial charge in [-0.1, -0.05) is 13.8 Å². The summed E-state index contributed by atoms with van der Waals surface area (Å²) < 4.78 is 4.99. The van der Waals surface area contributed by atoms with E-state index in [9.17, 15) is 4.79 Å². The van der Waals surface area contributed by atoms with E-state index in [0.717, 1.165) is 12.8 Å². The van der Waals surface area contributed by atoms with Gasteiger partial charge in [0.1, 0.15) is 0 Å². The molecule has 0 aromatic carbocycles. The van der Waals surface area contributed by atoms with Gasteiger partial charge in [-0.05, 0) is 26.8 Å². The molecule has 1 unspecified atom stereocenters. The Labute approximate surface area is 111 Å². The molecule has 0 fully saturated rings. The van der Waals surface area contributed by atoms with E-state index in [0.29, 0.717) is 19.7 Å². The maximum atomic E-state index is 11.9. The van der Waals surface area contributed by atoms with Crippen LogP contribution in [0.25, 0.3) is 0 Å². The minimum atomic E-state index is -0.0815. The fraction of sp³-hybridized carbons (Fsp3) is 0.923. The highest BCUT2D eigenvalue weighted by atomic mass is 16.5. The van der Waals surface area contributed by atoms with Gasteiger partial charge >= 0.3 is 0 Å². The van der Waals surface area contributed by atoms with E-state index < -0.39 is 0 Å². The van der Waals surface area contributed by atoms with Crippen molar-refractivity contribution in [3.05, 3.63) is 0 Å². The van der Waals surface area contributed by atoms with Crippen molar-refractivity contribution in [2.24, 2.45) is 5.73 Å². The lowest BCUT2D eigenvalue weighted by Crippen LogP contribution is -2.54. The van der Waals surface area contributed by atoms with Gasteiger partial charge in [0.25, 0.3) is 0 Å². The lowest BCUT2D eigenvalue weighted by atomic mass is 9.91. The summed E-state index contributed by atoms with van der Waals surface area (Å²) in [6, 6.07) is 0.0337. The van der Waals surface area contributed by atoms with Gasteiger partial charge in [0, 0.05) is 25.2 Å². The van der Waals surface area contributed by atoms with Crippen LogP contribution in [-0.2, 0) is 9.53 Å². The molecule has 5 nitrogen and oxygen atoms in total. The third kappa shape index (κ3) is 4.92. The van der Waals surface area contributed by atoms with Crippen molar-refractivity contribution in [3.8, 4) is 0 Å². The Bertz CT molecular complexity index is 234. The molecule has 108 valence electrons. The maximum Gasteiger partial charge on any atom is 0.234 e. The summed E-state index contributed by atoms with van der Waals surface area (Å²) in [6.45, 7) is 7.61. The van der Waals surface area contributed by atoms with Crippen molar-refractivity contribution in [1.82, 2.24) is 10.2 Å². The summed E-state index contributed by atoms with van der Waals surface area (Å²) >= 11 is 0. The Morgan fingerprint density at radius 1 is 1.44 bits per heavy atom. The number of amides is 1. The normalized spacial score (nSPS) is 13.7. The van der Waals surface area contributed by atoms with Crippen LogP contribution < -0.4 is 11.1 Å². The van der Waals surface area contributed by atoms with Crippen LogP contribution in [0.4, 0.5) is 0 Å². The summed E-state index contributed by atoms with van der Waals surface area (Å²) in [5.41, 5.74) is 5.78. The maximum absolute atomic E-state index is 11.9. The van der Waals surface area contributed by atoms with Crippen molar-refractivity contribution in [2.45, 2.75) is 45.2 Å². The number of nitrogens with zero attached hydrogens (tertiary/aromatic N) is 1. The molecule has 0 radical (unpaired) electrons. The predicted octanol–water partition coefficient (Wildman–Crippen LogP) is 0.587. The topological polar surface area (TPSA) is 67.6 Å². The molecule has 0 aliphatic carbocycles. The fourth-order valence-corrected chi connectivity index (χ4v) is 2.23. The van der Waals surface area contributed by atoms with E-state index in [4.69, 9.17) is 10.5 Å². The first-order valence-corrected chi connectivity index (χ1v) is 6.65. The monoisotopic (exact) mass is 259 g/mol. The second-order valence-corrected chi connectivity index (χ2v) is 4.92. The molecule has 0 aromatic rings.